The first-order chi connectivity index (χ1) is 6.65. The number of hydrogen-bond acceptors (Lipinski definition) is 2. The van der Waals surface area contributed by atoms with E-state index in [1.807, 2.05) is 0 Å². The van der Waals surface area contributed by atoms with Crippen LogP contribution in [-0.4, -0.2) is 22.9 Å². The van der Waals surface area contributed by atoms with Crippen LogP contribution in [0.4, 0.5) is 0 Å². The zero-order valence-electron chi connectivity index (χ0n) is 7.26. The summed E-state index contributed by atoms with van der Waals surface area (Å²) in [5, 5.41) is 13.1. The Kier molecular flexibility index (Phi) is 4.22. The molecule has 1 aromatic carbocycles. The molecule has 0 aliphatic rings. The maximum Gasteiger partial charge on any atom is 0.255 e. The van der Waals surface area contributed by atoms with Gasteiger partial charge in [-0.1, -0.05) is 27.5 Å². The molecule has 1 aromatic rings. The van der Waals surface area contributed by atoms with E-state index in [0.29, 0.717) is 16.9 Å². The van der Waals surface area contributed by atoms with Crippen LogP contribution in [0.3, 0.4) is 0 Å². The number of nitrogens with one attached hydrogen (secondary N) is 1. The van der Waals surface area contributed by atoms with E-state index in [1.54, 1.807) is 6.07 Å². The van der Waals surface area contributed by atoms with Gasteiger partial charge in [0.15, 0.2) is 0 Å². The maximum absolute atomic E-state index is 11.4. The number of rotatable bonds is 3. The quantitative estimate of drug-likeness (QED) is 0.833. The smallest absolute Gasteiger partial charge is 0.255 e. The van der Waals surface area contributed by atoms with Crippen molar-refractivity contribution in [3.05, 3.63) is 28.8 Å². The van der Waals surface area contributed by atoms with Gasteiger partial charge in [0.1, 0.15) is 5.75 Å². The third-order valence-corrected chi connectivity index (χ3v) is 2.22. The second kappa shape index (κ2) is 5.22. The van der Waals surface area contributed by atoms with Crippen molar-refractivity contribution in [1.29, 1.82) is 0 Å². The largest absolute Gasteiger partial charge is 0.507 e. The topological polar surface area (TPSA) is 49.3 Å². The summed E-state index contributed by atoms with van der Waals surface area (Å²) >= 11 is 8.81. The predicted molar refractivity (Wildman–Crippen MR) is 59.2 cm³/mol. The van der Waals surface area contributed by atoms with Crippen LogP contribution in [0.25, 0.3) is 0 Å². The van der Waals surface area contributed by atoms with Crippen LogP contribution in [-0.2, 0) is 0 Å². The number of carbonyl (C=O) groups excluding carboxylic acids is 1. The molecule has 76 valence electrons. The minimum atomic E-state index is -0.307. The lowest BCUT2D eigenvalue weighted by Crippen LogP contribution is -2.25. The second-order valence-electron chi connectivity index (χ2n) is 2.61. The Morgan fingerprint density at radius 3 is 2.86 bits per heavy atom. The molecule has 0 saturated heterocycles. The molecule has 5 heteroatoms. The predicted octanol–water partition coefficient (Wildman–Crippen LogP) is 2.17. The molecule has 0 fully saturated rings. The van der Waals surface area contributed by atoms with Crippen LogP contribution >= 0.6 is 27.5 Å². The number of halogens is 2. The van der Waals surface area contributed by atoms with Crippen molar-refractivity contribution in [2.24, 2.45) is 0 Å². The van der Waals surface area contributed by atoms with Crippen LogP contribution in [0.5, 0.6) is 5.75 Å². The Bertz CT molecular complexity index is 344. The van der Waals surface area contributed by atoms with Gasteiger partial charge in [-0.3, -0.25) is 4.79 Å². The van der Waals surface area contributed by atoms with Crippen LogP contribution in [0.15, 0.2) is 18.2 Å². The lowest BCUT2D eigenvalue weighted by molar-refractivity contribution is 0.0953. The number of phenolic OH excluding ortho intramolecular Hbond substituents is 1. The summed E-state index contributed by atoms with van der Waals surface area (Å²) in [5.74, 6) is -0.414. The molecule has 14 heavy (non-hydrogen) atoms. The molecule has 0 unspecified atom stereocenters. The number of phenols is 1. The minimum absolute atomic E-state index is 0.107. The fourth-order valence-corrected chi connectivity index (χ4v) is 1.32. The van der Waals surface area contributed by atoms with Gasteiger partial charge in [-0.05, 0) is 18.2 Å². The number of hydrogen-bond donors (Lipinski definition) is 2. The molecule has 0 spiro atoms. The molecular formula is C9H9BrClNO2. The van der Waals surface area contributed by atoms with Crippen molar-refractivity contribution in [3.8, 4) is 5.75 Å². The molecule has 3 nitrogen and oxygen atoms in total. The highest BCUT2D eigenvalue weighted by molar-refractivity contribution is 9.09. The molecule has 0 aliphatic heterocycles. The van der Waals surface area contributed by atoms with E-state index < -0.39 is 0 Å². The van der Waals surface area contributed by atoms with Gasteiger partial charge < -0.3 is 10.4 Å². The van der Waals surface area contributed by atoms with Gasteiger partial charge in [-0.25, -0.2) is 0 Å². The molecule has 1 amide bonds. The third-order valence-electron chi connectivity index (χ3n) is 1.58. The normalized spacial score (nSPS) is 9.86. The zero-order valence-corrected chi connectivity index (χ0v) is 9.60. The Morgan fingerprint density at radius 2 is 2.29 bits per heavy atom. The summed E-state index contributed by atoms with van der Waals surface area (Å²) in [6.07, 6.45) is 0. The van der Waals surface area contributed by atoms with Gasteiger partial charge in [0.25, 0.3) is 5.91 Å². The van der Waals surface area contributed by atoms with Crippen LogP contribution in [0.1, 0.15) is 10.4 Å². The zero-order chi connectivity index (χ0) is 10.6. The van der Waals surface area contributed by atoms with Crippen molar-refractivity contribution in [1.82, 2.24) is 5.32 Å². The standard InChI is InChI=1S/C9H9BrClNO2/c10-3-4-12-9(14)7-2-1-6(11)5-8(7)13/h1-2,5,13H,3-4H2,(H,12,14). The van der Waals surface area contributed by atoms with E-state index in [-0.39, 0.29) is 17.2 Å². The highest BCUT2D eigenvalue weighted by atomic mass is 79.9. The van der Waals surface area contributed by atoms with Crippen molar-refractivity contribution in [2.75, 3.05) is 11.9 Å². The Balaban J connectivity index is 2.80. The summed E-state index contributed by atoms with van der Waals surface area (Å²) in [6.45, 7) is 0.515. The number of aromatic hydroxyl groups is 1. The van der Waals surface area contributed by atoms with E-state index >= 15 is 0 Å². The summed E-state index contributed by atoms with van der Waals surface area (Å²) in [6, 6.07) is 4.39. The van der Waals surface area contributed by atoms with Crippen molar-refractivity contribution in [2.45, 2.75) is 0 Å². The van der Waals surface area contributed by atoms with Gasteiger partial charge >= 0.3 is 0 Å². The fraction of sp³-hybridized carbons (Fsp3) is 0.222. The van der Waals surface area contributed by atoms with E-state index in [0.717, 1.165) is 0 Å². The van der Waals surface area contributed by atoms with Crippen LogP contribution in [0, 0.1) is 0 Å². The third kappa shape index (κ3) is 2.89. The first kappa shape index (κ1) is 11.3. The first-order valence-electron chi connectivity index (χ1n) is 3.98. The lowest BCUT2D eigenvalue weighted by Gasteiger charge is -2.05. The molecule has 0 aromatic heterocycles. The number of amides is 1. The van der Waals surface area contributed by atoms with Crippen LogP contribution in [0.2, 0.25) is 5.02 Å². The Morgan fingerprint density at radius 1 is 1.57 bits per heavy atom. The monoisotopic (exact) mass is 277 g/mol. The average molecular weight is 279 g/mol. The van der Waals surface area contributed by atoms with Gasteiger partial charge in [0.2, 0.25) is 0 Å². The Hall–Kier alpha value is -0.740. The van der Waals surface area contributed by atoms with E-state index in [4.69, 9.17) is 11.6 Å². The number of alkyl halides is 1. The fourth-order valence-electron chi connectivity index (χ4n) is 0.953. The molecular weight excluding hydrogens is 269 g/mol. The molecule has 0 atom stereocenters. The summed E-state index contributed by atoms with van der Waals surface area (Å²) < 4.78 is 0. The SMILES string of the molecule is O=C(NCCBr)c1ccc(Cl)cc1O. The number of carbonyl (C=O) groups is 1. The van der Waals surface area contributed by atoms with Gasteiger partial charge in [-0.2, -0.15) is 0 Å². The van der Waals surface area contributed by atoms with E-state index in [2.05, 4.69) is 21.2 Å². The minimum Gasteiger partial charge on any atom is -0.507 e. The summed E-state index contributed by atoms with van der Waals surface area (Å²) in [5.41, 5.74) is 0.232. The molecule has 0 bridgehead atoms. The molecule has 1 rings (SSSR count). The molecule has 0 radical (unpaired) electrons. The molecule has 0 saturated carbocycles. The summed E-state index contributed by atoms with van der Waals surface area (Å²) in [7, 11) is 0. The van der Waals surface area contributed by atoms with Crippen molar-refractivity contribution < 1.29 is 9.90 Å². The lowest BCUT2D eigenvalue weighted by atomic mass is 10.2. The highest BCUT2D eigenvalue weighted by Gasteiger charge is 2.09. The molecule has 0 heterocycles. The van der Waals surface area contributed by atoms with Crippen LogP contribution < -0.4 is 5.32 Å². The second-order valence-corrected chi connectivity index (χ2v) is 3.84. The van der Waals surface area contributed by atoms with E-state index in [9.17, 15) is 9.90 Å². The van der Waals surface area contributed by atoms with Gasteiger partial charge in [-0.15, -0.1) is 0 Å². The van der Waals surface area contributed by atoms with Crippen molar-refractivity contribution in [3.63, 3.8) is 0 Å². The van der Waals surface area contributed by atoms with Crippen molar-refractivity contribution >= 4 is 33.4 Å². The Labute approximate surface area is 95.2 Å². The molecule has 2 N–H and O–H groups in total. The number of benzene rings is 1. The van der Waals surface area contributed by atoms with Gasteiger partial charge in [0.05, 0.1) is 5.56 Å². The molecule has 0 aliphatic carbocycles. The van der Waals surface area contributed by atoms with E-state index in [1.165, 1.54) is 12.1 Å². The first-order valence-corrected chi connectivity index (χ1v) is 5.47. The highest BCUT2D eigenvalue weighted by Crippen LogP contribution is 2.21. The maximum atomic E-state index is 11.4. The summed E-state index contributed by atoms with van der Waals surface area (Å²) in [4.78, 5) is 11.4. The van der Waals surface area contributed by atoms with Gasteiger partial charge in [0, 0.05) is 16.9 Å². The average Bonchev–Trinajstić information content (AvgIpc) is 2.14.